The van der Waals surface area contributed by atoms with E-state index in [0.29, 0.717) is 0 Å². The largest absolute Gasteiger partial charge is 0.355 e. The third-order valence-electron chi connectivity index (χ3n) is 5.95. The Morgan fingerprint density at radius 2 is 1.43 bits per heavy atom. The number of fused-ring (bicyclic) bond motifs is 3. The van der Waals surface area contributed by atoms with E-state index in [2.05, 4.69) is 91.1 Å². The molecule has 3 aromatic rings. The first-order valence-corrected chi connectivity index (χ1v) is 11.9. The van der Waals surface area contributed by atoms with Crippen LogP contribution in [-0.4, -0.2) is 18.2 Å². The van der Waals surface area contributed by atoms with Gasteiger partial charge in [-0.3, -0.25) is 4.79 Å². The molecule has 2 nitrogen and oxygen atoms in total. The highest BCUT2D eigenvalue weighted by Gasteiger charge is 2.48. The SMILES string of the molecule is CCCNC(=O)C1(CCCCSc2ccccc2)c2ccccc2-c2ccccc21. The lowest BCUT2D eigenvalue weighted by atomic mass is 9.73. The van der Waals surface area contributed by atoms with E-state index < -0.39 is 5.41 Å². The van der Waals surface area contributed by atoms with E-state index in [1.54, 1.807) is 0 Å². The van der Waals surface area contributed by atoms with Crippen LogP contribution in [0.25, 0.3) is 11.1 Å². The molecule has 0 aromatic heterocycles. The average Bonchev–Trinajstić information content (AvgIpc) is 3.09. The summed E-state index contributed by atoms with van der Waals surface area (Å²) in [6.07, 6.45) is 3.89. The molecule has 4 rings (SSSR count). The zero-order chi connectivity index (χ0) is 20.8. The predicted octanol–water partition coefficient (Wildman–Crippen LogP) is 6.44. The topological polar surface area (TPSA) is 29.1 Å². The van der Waals surface area contributed by atoms with Crippen molar-refractivity contribution >= 4 is 17.7 Å². The number of carbonyl (C=O) groups excluding carboxylic acids is 1. The van der Waals surface area contributed by atoms with Gasteiger partial charge < -0.3 is 5.32 Å². The standard InChI is InChI=1S/C27H29NOS/c1-2-19-28-26(29)27(18-10-11-20-30-21-12-4-3-5-13-21)24-16-8-6-14-22(24)23-15-7-9-17-25(23)27/h3-9,12-17H,2,10-11,18-20H2,1H3,(H,28,29). The molecule has 0 saturated heterocycles. The van der Waals surface area contributed by atoms with Gasteiger partial charge in [0.25, 0.3) is 0 Å². The first-order chi connectivity index (χ1) is 14.8. The lowest BCUT2D eigenvalue weighted by Crippen LogP contribution is -2.44. The summed E-state index contributed by atoms with van der Waals surface area (Å²) in [4.78, 5) is 14.9. The van der Waals surface area contributed by atoms with E-state index >= 15 is 0 Å². The van der Waals surface area contributed by atoms with Crippen molar-refractivity contribution < 1.29 is 4.79 Å². The Morgan fingerprint density at radius 1 is 0.833 bits per heavy atom. The molecule has 3 aromatic carbocycles. The molecule has 0 heterocycles. The Hall–Kier alpha value is -2.52. The van der Waals surface area contributed by atoms with Gasteiger partial charge in [0.05, 0.1) is 0 Å². The van der Waals surface area contributed by atoms with Crippen molar-refractivity contribution in [3.8, 4) is 11.1 Å². The maximum absolute atomic E-state index is 13.6. The maximum atomic E-state index is 13.6. The number of unbranched alkanes of at least 4 members (excludes halogenated alkanes) is 1. The first kappa shape index (κ1) is 20.7. The fourth-order valence-electron chi connectivity index (χ4n) is 4.54. The Labute approximate surface area is 184 Å². The number of hydrogen-bond acceptors (Lipinski definition) is 2. The Balaban J connectivity index is 1.58. The van der Waals surface area contributed by atoms with Crippen LogP contribution in [0, 0.1) is 0 Å². The first-order valence-electron chi connectivity index (χ1n) is 10.9. The van der Waals surface area contributed by atoms with Gasteiger partial charge >= 0.3 is 0 Å². The van der Waals surface area contributed by atoms with Gasteiger partial charge in [0, 0.05) is 11.4 Å². The van der Waals surface area contributed by atoms with Crippen molar-refractivity contribution in [1.82, 2.24) is 5.32 Å². The van der Waals surface area contributed by atoms with Gasteiger partial charge in [0.1, 0.15) is 5.41 Å². The molecule has 0 spiro atoms. The van der Waals surface area contributed by atoms with Crippen LogP contribution < -0.4 is 5.32 Å². The van der Waals surface area contributed by atoms with E-state index in [0.717, 1.165) is 49.1 Å². The number of hydrogen-bond donors (Lipinski definition) is 1. The normalized spacial score (nSPS) is 13.5. The summed E-state index contributed by atoms with van der Waals surface area (Å²) in [6, 6.07) is 27.5. The lowest BCUT2D eigenvalue weighted by molar-refractivity contribution is -0.125. The third kappa shape index (κ3) is 3.91. The highest BCUT2D eigenvalue weighted by molar-refractivity contribution is 7.99. The second kappa shape index (κ2) is 9.53. The van der Waals surface area contributed by atoms with E-state index in [-0.39, 0.29) is 5.91 Å². The molecule has 1 N–H and O–H groups in total. The molecule has 30 heavy (non-hydrogen) atoms. The molecule has 0 saturated carbocycles. The van der Waals surface area contributed by atoms with Gasteiger partial charge in [-0.15, -0.1) is 11.8 Å². The second-order valence-electron chi connectivity index (χ2n) is 7.87. The molecule has 0 bridgehead atoms. The van der Waals surface area contributed by atoms with Crippen molar-refractivity contribution in [2.24, 2.45) is 0 Å². The predicted molar refractivity (Wildman–Crippen MR) is 127 cm³/mol. The molecule has 1 amide bonds. The number of carbonyl (C=O) groups is 1. The van der Waals surface area contributed by atoms with Gasteiger partial charge in [-0.2, -0.15) is 0 Å². The Bertz CT molecular complexity index is 953. The number of benzene rings is 3. The lowest BCUT2D eigenvalue weighted by Gasteiger charge is -2.31. The Morgan fingerprint density at radius 3 is 2.07 bits per heavy atom. The number of rotatable bonds is 9. The van der Waals surface area contributed by atoms with Crippen LogP contribution in [0.2, 0.25) is 0 Å². The summed E-state index contributed by atoms with van der Waals surface area (Å²) in [6.45, 7) is 2.82. The van der Waals surface area contributed by atoms with E-state index in [1.165, 1.54) is 16.0 Å². The summed E-state index contributed by atoms with van der Waals surface area (Å²) in [7, 11) is 0. The number of thioether (sulfide) groups is 1. The molecule has 0 atom stereocenters. The fourth-order valence-corrected chi connectivity index (χ4v) is 5.47. The van der Waals surface area contributed by atoms with Gasteiger partial charge in [0.2, 0.25) is 5.91 Å². The van der Waals surface area contributed by atoms with Crippen LogP contribution in [0.4, 0.5) is 0 Å². The molecule has 0 aliphatic heterocycles. The highest BCUT2D eigenvalue weighted by Crippen LogP contribution is 2.51. The van der Waals surface area contributed by atoms with Crippen molar-refractivity contribution in [3.05, 3.63) is 90.0 Å². The summed E-state index contributed by atoms with van der Waals surface area (Å²) in [5.41, 5.74) is 4.16. The van der Waals surface area contributed by atoms with Crippen LogP contribution in [-0.2, 0) is 10.2 Å². The monoisotopic (exact) mass is 415 g/mol. The van der Waals surface area contributed by atoms with E-state index in [1.807, 2.05) is 11.8 Å². The molecule has 1 aliphatic carbocycles. The molecule has 0 fully saturated rings. The minimum atomic E-state index is -0.584. The van der Waals surface area contributed by atoms with Crippen LogP contribution in [0.3, 0.4) is 0 Å². The number of amides is 1. The Kier molecular flexibility index (Phi) is 6.59. The second-order valence-corrected chi connectivity index (χ2v) is 9.04. The molecule has 0 unspecified atom stereocenters. The molecule has 0 radical (unpaired) electrons. The van der Waals surface area contributed by atoms with Crippen molar-refractivity contribution in [2.75, 3.05) is 12.3 Å². The van der Waals surface area contributed by atoms with Gasteiger partial charge in [0.15, 0.2) is 0 Å². The van der Waals surface area contributed by atoms with Crippen molar-refractivity contribution in [1.29, 1.82) is 0 Å². The van der Waals surface area contributed by atoms with Crippen LogP contribution in [0.15, 0.2) is 83.8 Å². The average molecular weight is 416 g/mol. The van der Waals surface area contributed by atoms with Crippen molar-refractivity contribution in [3.63, 3.8) is 0 Å². The van der Waals surface area contributed by atoms with Gasteiger partial charge in [-0.1, -0.05) is 80.1 Å². The third-order valence-corrected chi connectivity index (χ3v) is 7.04. The summed E-state index contributed by atoms with van der Waals surface area (Å²) >= 11 is 1.89. The number of nitrogens with one attached hydrogen (secondary N) is 1. The van der Waals surface area contributed by atoms with Crippen molar-refractivity contribution in [2.45, 2.75) is 42.9 Å². The quantitative estimate of drug-likeness (QED) is 0.322. The maximum Gasteiger partial charge on any atom is 0.235 e. The molecule has 154 valence electrons. The highest BCUT2D eigenvalue weighted by atomic mass is 32.2. The minimum absolute atomic E-state index is 0.150. The fraction of sp³-hybridized carbons (Fsp3) is 0.296. The molecular formula is C27H29NOS. The van der Waals surface area contributed by atoms with Gasteiger partial charge in [-0.05, 0) is 59.4 Å². The summed E-state index contributed by atoms with van der Waals surface area (Å²) in [5.74, 6) is 1.22. The van der Waals surface area contributed by atoms with E-state index in [9.17, 15) is 4.79 Å². The van der Waals surface area contributed by atoms with Gasteiger partial charge in [-0.25, -0.2) is 0 Å². The van der Waals surface area contributed by atoms with Crippen LogP contribution >= 0.6 is 11.8 Å². The van der Waals surface area contributed by atoms with Crippen LogP contribution in [0.1, 0.15) is 43.7 Å². The van der Waals surface area contributed by atoms with Crippen LogP contribution in [0.5, 0.6) is 0 Å². The van der Waals surface area contributed by atoms with E-state index in [4.69, 9.17) is 0 Å². The zero-order valence-corrected chi connectivity index (χ0v) is 18.4. The zero-order valence-electron chi connectivity index (χ0n) is 17.6. The molecular weight excluding hydrogens is 386 g/mol. The smallest absolute Gasteiger partial charge is 0.235 e. The summed E-state index contributed by atoms with van der Waals surface area (Å²) in [5, 5.41) is 3.22. The summed E-state index contributed by atoms with van der Waals surface area (Å²) < 4.78 is 0. The molecule has 3 heteroatoms. The minimum Gasteiger partial charge on any atom is -0.355 e. The molecule has 1 aliphatic rings.